The molecule has 0 radical (unpaired) electrons. The standard InChI is InChI=1S/C17H20N2O2/c1-12(2)21-16-9-4-3-8-15(16)19-17(20)11-13-6-5-7-14(18)10-13/h3-10,12H,11,18H2,1-2H3,(H,19,20). The van der Waals surface area contributed by atoms with Crippen molar-refractivity contribution in [1.29, 1.82) is 0 Å². The largest absolute Gasteiger partial charge is 0.489 e. The summed E-state index contributed by atoms with van der Waals surface area (Å²) >= 11 is 0. The number of benzene rings is 2. The van der Waals surface area contributed by atoms with E-state index < -0.39 is 0 Å². The molecule has 0 bridgehead atoms. The second-order valence-corrected chi connectivity index (χ2v) is 5.13. The molecule has 110 valence electrons. The first-order chi connectivity index (χ1) is 10.0. The number of amides is 1. The van der Waals surface area contributed by atoms with Gasteiger partial charge in [0.25, 0.3) is 0 Å². The molecule has 0 atom stereocenters. The number of nitrogens with one attached hydrogen (secondary N) is 1. The Bertz CT molecular complexity index is 624. The Morgan fingerprint density at radius 3 is 2.67 bits per heavy atom. The van der Waals surface area contributed by atoms with Gasteiger partial charge in [-0.25, -0.2) is 0 Å². The van der Waals surface area contributed by atoms with Crippen LogP contribution in [0.4, 0.5) is 11.4 Å². The van der Waals surface area contributed by atoms with Gasteiger partial charge in [-0.3, -0.25) is 4.79 Å². The summed E-state index contributed by atoms with van der Waals surface area (Å²) in [5.74, 6) is 0.578. The Balaban J connectivity index is 2.06. The van der Waals surface area contributed by atoms with Crippen molar-refractivity contribution in [3.05, 3.63) is 54.1 Å². The minimum atomic E-state index is -0.0968. The van der Waals surface area contributed by atoms with E-state index in [1.807, 2.05) is 50.2 Å². The third-order valence-corrected chi connectivity index (χ3v) is 2.84. The molecular weight excluding hydrogens is 264 g/mol. The predicted molar refractivity (Wildman–Crippen MR) is 85.4 cm³/mol. The van der Waals surface area contributed by atoms with Crippen LogP contribution in [-0.2, 0) is 11.2 Å². The van der Waals surface area contributed by atoms with E-state index in [1.54, 1.807) is 12.1 Å². The fourth-order valence-electron chi connectivity index (χ4n) is 2.01. The van der Waals surface area contributed by atoms with Crippen LogP contribution in [0.25, 0.3) is 0 Å². The van der Waals surface area contributed by atoms with Gasteiger partial charge in [0.15, 0.2) is 0 Å². The van der Waals surface area contributed by atoms with Crippen LogP contribution < -0.4 is 15.8 Å². The first-order valence-corrected chi connectivity index (χ1v) is 6.94. The van der Waals surface area contributed by atoms with Crippen LogP contribution in [-0.4, -0.2) is 12.0 Å². The third-order valence-electron chi connectivity index (χ3n) is 2.84. The average molecular weight is 284 g/mol. The van der Waals surface area contributed by atoms with Gasteiger partial charge >= 0.3 is 0 Å². The Labute approximate surface area is 124 Å². The lowest BCUT2D eigenvalue weighted by atomic mass is 10.1. The first kappa shape index (κ1) is 14.9. The molecule has 0 aliphatic rings. The zero-order chi connectivity index (χ0) is 15.2. The summed E-state index contributed by atoms with van der Waals surface area (Å²) in [4.78, 5) is 12.1. The van der Waals surface area contributed by atoms with Gasteiger partial charge in [-0.15, -0.1) is 0 Å². The highest BCUT2D eigenvalue weighted by molar-refractivity contribution is 5.93. The van der Waals surface area contributed by atoms with Crippen LogP contribution in [0.15, 0.2) is 48.5 Å². The Morgan fingerprint density at radius 1 is 1.19 bits per heavy atom. The van der Waals surface area contributed by atoms with Gasteiger partial charge in [0.05, 0.1) is 18.2 Å². The lowest BCUT2D eigenvalue weighted by Gasteiger charge is -2.14. The van der Waals surface area contributed by atoms with Crippen molar-refractivity contribution in [3.8, 4) is 5.75 Å². The Hall–Kier alpha value is -2.49. The van der Waals surface area contributed by atoms with E-state index in [0.29, 0.717) is 17.1 Å². The smallest absolute Gasteiger partial charge is 0.228 e. The second kappa shape index (κ2) is 6.79. The van der Waals surface area contributed by atoms with Crippen LogP contribution in [0.3, 0.4) is 0 Å². The molecule has 0 aliphatic heterocycles. The average Bonchev–Trinajstić information content (AvgIpc) is 2.40. The number of hydrogen-bond acceptors (Lipinski definition) is 3. The van der Waals surface area contributed by atoms with Crippen LogP contribution in [0.1, 0.15) is 19.4 Å². The molecule has 0 fully saturated rings. The number of carbonyl (C=O) groups is 1. The molecule has 0 aromatic heterocycles. The summed E-state index contributed by atoms with van der Waals surface area (Å²) in [6, 6.07) is 14.7. The summed E-state index contributed by atoms with van der Waals surface area (Å²) < 4.78 is 5.68. The number of anilines is 2. The number of nitrogens with two attached hydrogens (primary N) is 1. The molecule has 4 heteroatoms. The molecule has 0 saturated carbocycles. The van der Waals surface area contributed by atoms with Crippen LogP contribution in [0, 0.1) is 0 Å². The van der Waals surface area contributed by atoms with Crippen molar-refractivity contribution in [2.75, 3.05) is 11.1 Å². The van der Waals surface area contributed by atoms with Crippen molar-refractivity contribution >= 4 is 17.3 Å². The molecule has 1 amide bonds. The molecule has 0 spiro atoms. The predicted octanol–water partition coefficient (Wildman–Crippen LogP) is 3.24. The quantitative estimate of drug-likeness (QED) is 0.828. The summed E-state index contributed by atoms with van der Waals surface area (Å²) in [6.07, 6.45) is 0.332. The van der Waals surface area contributed by atoms with E-state index in [2.05, 4.69) is 5.32 Å². The summed E-state index contributed by atoms with van der Waals surface area (Å²) in [5, 5.41) is 2.88. The Kier molecular flexibility index (Phi) is 4.82. The molecule has 0 heterocycles. The third kappa shape index (κ3) is 4.53. The first-order valence-electron chi connectivity index (χ1n) is 6.94. The van der Waals surface area contributed by atoms with Gasteiger partial charge in [0.2, 0.25) is 5.91 Å². The molecule has 4 nitrogen and oxygen atoms in total. The normalized spacial score (nSPS) is 10.4. The SMILES string of the molecule is CC(C)Oc1ccccc1NC(=O)Cc1cccc(N)c1. The van der Waals surface area contributed by atoms with Crippen LogP contribution in [0.5, 0.6) is 5.75 Å². The molecule has 21 heavy (non-hydrogen) atoms. The lowest BCUT2D eigenvalue weighted by molar-refractivity contribution is -0.115. The van der Waals surface area contributed by atoms with Crippen LogP contribution in [0.2, 0.25) is 0 Å². The van der Waals surface area contributed by atoms with Crippen molar-refractivity contribution in [2.24, 2.45) is 0 Å². The van der Waals surface area contributed by atoms with Crippen molar-refractivity contribution in [2.45, 2.75) is 26.4 Å². The van der Waals surface area contributed by atoms with E-state index >= 15 is 0 Å². The maximum absolute atomic E-state index is 12.1. The van der Waals surface area contributed by atoms with Gasteiger partial charge in [-0.05, 0) is 43.7 Å². The van der Waals surface area contributed by atoms with Crippen molar-refractivity contribution in [1.82, 2.24) is 0 Å². The number of rotatable bonds is 5. The topological polar surface area (TPSA) is 64.3 Å². The monoisotopic (exact) mass is 284 g/mol. The van der Waals surface area contributed by atoms with E-state index in [0.717, 1.165) is 5.56 Å². The number of hydrogen-bond donors (Lipinski definition) is 2. The highest BCUT2D eigenvalue weighted by atomic mass is 16.5. The fraction of sp³-hybridized carbons (Fsp3) is 0.235. The van der Waals surface area contributed by atoms with Gasteiger partial charge in [0.1, 0.15) is 5.75 Å². The zero-order valence-corrected chi connectivity index (χ0v) is 12.3. The maximum Gasteiger partial charge on any atom is 0.228 e. The number of nitrogen functional groups attached to an aromatic ring is 1. The second-order valence-electron chi connectivity index (χ2n) is 5.13. The fourth-order valence-corrected chi connectivity index (χ4v) is 2.01. The van der Waals surface area contributed by atoms with Crippen LogP contribution >= 0.6 is 0 Å². The summed E-state index contributed by atoms with van der Waals surface area (Å²) in [6.45, 7) is 3.90. The summed E-state index contributed by atoms with van der Waals surface area (Å²) in [7, 11) is 0. The lowest BCUT2D eigenvalue weighted by Crippen LogP contribution is -2.16. The van der Waals surface area contributed by atoms with Crippen molar-refractivity contribution in [3.63, 3.8) is 0 Å². The minimum Gasteiger partial charge on any atom is -0.489 e. The Morgan fingerprint density at radius 2 is 1.95 bits per heavy atom. The molecule has 2 rings (SSSR count). The van der Waals surface area contributed by atoms with E-state index in [4.69, 9.17) is 10.5 Å². The van der Waals surface area contributed by atoms with E-state index in [9.17, 15) is 4.79 Å². The number of carbonyl (C=O) groups excluding carboxylic acids is 1. The van der Waals surface area contributed by atoms with Gasteiger partial charge in [0, 0.05) is 5.69 Å². The molecule has 0 unspecified atom stereocenters. The van der Waals surface area contributed by atoms with E-state index in [1.165, 1.54) is 0 Å². The number of para-hydroxylation sites is 2. The molecule has 2 aromatic carbocycles. The molecule has 0 aliphatic carbocycles. The molecule has 2 aromatic rings. The molecule has 0 saturated heterocycles. The minimum absolute atomic E-state index is 0.0528. The van der Waals surface area contributed by atoms with E-state index in [-0.39, 0.29) is 18.4 Å². The highest BCUT2D eigenvalue weighted by Gasteiger charge is 2.09. The zero-order valence-electron chi connectivity index (χ0n) is 12.3. The van der Waals surface area contributed by atoms with Crippen molar-refractivity contribution < 1.29 is 9.53 Å². The van der Waals surface area contributed by atoms with Gasteiger partial charge in [-0.2, -0.15) is 0 Å². The molecular formula is C17H20N2O2. The molecule has 3 N–H and O–H groups in total. The maximum atomic E-state index is 12.1. The van der Waals surface area contributed by atoms with Gasteiger partial charge in [-0.1, -0.05) is 24.3 Å². The number of ether oxygens (including phenoxy) is 1. The highest BCUT2D eigenvalue weighted by Crippen LogP contribution is 2.25. The van der Waals surface area contributed by atoms with Gasteiger partial charge < -0.3 is 15.8 Å². The summed E-state index contributed by atoms with van der Waals surface area (Å²) in [5.41, 5.74) is 7.94.